The summed E-state index contributed by atoms with van der Waals surface area (Å²) in [7, 11) is 0. The van der Waals surface area contributed by atoms with Crippen molar-refractivity contribution < 1.29 is 14.3 Å². The molecule has 1 heterocycles. The van der Waals surface area contributed by atoms with Crippen molar-refractivity contribution in [2.45, 2.75) is 6.92 Å². The minimum atomic E-state index is -1.34. The van der Waals surface area contributed by atoms with Gasteiger partial charge >= 0.3 is 5.97 Å². The number of Topliss-reactive ketones (excluding diaryl/α,β-unsaturated/α-hetero) is 1. The van der Waals surface area contributed by atoms with Gasteiger partial charge in [-0.05, 0) is 18.4 Å². The zero-order chi connectivity index (χ0) is 11.3. The van der Waals surface area contributed by atoms with Gasteiger partial charge in [0.2, 0.25) is 11.7 Å². The summed E-state index contributed by atoms with van der Waals surface area (Å²) in [6.45, 7) is 1.79. The van der Waals surface area contributed by atoms with Crippen LogP contribution >= 0.6 is 11.3 Å². The molecular weight excluding hydrogens is 214 g/mol. The normalized spacial score (nSPS) is 11.5. The van der Waals surface area contributed by atoms with Gasteiger partial charge in [0.15, 0.2) is 0 Å². The van der Waals surface area contributed by atoms with Crippen molar-refractivity contribution in [2.24, 2.45) is 5.92 Å². The molecule has 1 aromatic rings. The summed E-state index contributed by atoms with van der Waals surface area (Å²) in [6, 6.07) is 4.93. The average Bonchev–Trinajstić information content (AvgIpc) is 2.71. The van der Waals surface area contributed by atoms with Gasteiger partial charge in [-0.15, -0.1) is 11.3 Å². The molecule has 5 heteroatoms. The third-order valence-corrected chi connectivity index (χ3v) is 2.56. The highest BCUT2D eigenvalue weighted by atomic mass is 32.1. The minimum absolute atomic E-state index is 0.161. The first-order valence-corrected chi connectivity index (χ1v) is 5.22. The van der Waals surface area contributed by atoms with Crippen LogP contribution in [-0.4, -0.2) is 18.4 Å². The van der Waals surface area contributed by atoms with Crippen molar-refractivity contribution in [1.82, 2.24) is 0 Å². The molecule has 0 saturated heterocycles. The lowest BCUT2D eigenvalue weighted by atomic mass is 10.1. The molecule has 1 unspecified atom stereocenters. The van der Waals surface area contributed by atoms with Crippen molar-refractivity contribution >= 4 is 23.1 Å². The second kappa shape index (κ2) is 5.27. The first-order chi connectivity index (χ1) is 7.20. The van der Waals surface area contributed by atoms with E-state index in [0.29, 0.717) is 4.88 Å². The van der Waals surface area contributed by atoms with Crippen molar-refractivity contribution in [1.29, 1.82) is 5.26 Å². The van der Waals surface area contributed by atoms with Crippen molar-refractivity contribution in [3.8, 4) is 6.07 Å². The smallest absolute Gasteiger partial charge is 0.331 e. The molecular formula is C10H9NO3S. The molecule has 0 amide bonds. The van der Waals surface area contributed by atoms with Crippen molar-refractivity contribution in [3.05, 3.63) is 22.4 Å². The summed E-state index contributed by atoms with van der Waals surface area (Å²) in [4.78, 5) is 23.3. The van der Waals surface area contributed by atoms with Crippen LogP contribution in [0, 0.1) is 17.2 Å². The van der Waals surface area contributed by atoms with Crippen LogP contribution < -0.4 is 0 Å². The number of carbonyl (C=O) groups is 2. The number of ether oxygens (including phenoxy) is 1. The van der Waals surface area contributed by atoms with Crippen LogP contribution in [0.15, 0.2) is 17.5 Å². The van der Waals surface area contributed by atoms with Crippen LogP contribution in [0.5, 0.6) is 0 Å². The van der Waals surface area contributed by atoms with Gasteiger partial charge in [-0.2, -0.15) is 5.26 Å². The topological polar surface area (TPSA) is 67.2 Å². The molecule has 0 aliphatic carbocycles. The second-order valence-corrected chi connectivity index (χ2v) is 3.60. The van der Waals surface area contributed by atoms with Crippen molar-refractivity contribution in [2.75, 3.05) is 6.61 Å². The Balaban J connectivity index is 2.81. The molecule has 0 N–H and O–H groups in total. The van der Waals surface area contributed by atoms with Gasteiger partial charge in [0, 0.05) is 0 Å². The Kier molecular flexibility index (Phi) is 4.01. The van der Waals surface area contributed by atoms with Crippen LogP contribution in [0.3, 0.4) is 0 Å². The van der Waals surface area contributed by atoms with E-state index in [9.17, 15) is 9.59 Å². The molecule has 4 nitrogen and oxygen atoms in total. The van der Waals surface area contributed by atoms with E-state index in [1.807, 2.05) is 0 Å². The van der Waals surface area contributed by atoms with Gasteiger partial charge < -0.3 is 4.74 Å². The van der Waals surface area contributed by atoms with Crippen molar-refractivity contribution in [3.63, 3.8) is 0 Å². The highest BCUT2D eigenvalue weighted by Gasteiger charge is 2.29. The maximum atomic E-state index is 11.6. The largest absolute Gasteiger partial charge is 0.465 e. The molecule has 0 aliphatic rings. The van der Waals surface area contributed by atoms with E-state index in [1.165, 1.54) is 11.3 Å². The maximum absolute atomic E-state index is 11.6. The van der Waals surface area contributed by atoms with Crippen LogP contribution in [0.4, 0.5) is 0 Å². The van der Waals surface area contributed by atoms with E-state index in [2.05, 4.69) is 4.74 Å². The van der Waals surface area contributed by atoms with E-state index in [1.54, 1.807) is 30.5 Å². The fourth-order valence-electron chi connectivity index (χ4n) is 1.00. The number of nitriles is 1. The highest BCUT2D eigenvalue weighted by Crippen LogP contribution is 2.15. The van der Waals surface area contributed by atoms with Gasteiger partial charge in [0.1, 0.15) is 0 Å². The summed E-state index contributed by atoms with van der Waals surface area (Å²) >= 11 is 1.20. The molecule has 0 saturated carbocycles. The zero-order valence-electron chi connectivity index (χ0n) is 8.10. The molecule has 1 aromatic heterocycles. The Morgan fingerprint density at radius 2 is 2.40 bits per heavy atom. The molecule has 15 heavy (non-hydrogen) atoms. The lowest BCUT2D eigenvalue weighted by Gasteiger charge is -2.05. The summed E-state index contributed by atoms with van der Waals surface area (Å²) in [6.07, 6.45) is 0. The van der Waals surface area contributed by atoms with Gasteiger partial charge in [-0.25, -0.2) is 0 Å². The number of thiophene rings is 1. The Bertz CT molecular complexity index is 391. The predicted octanol–water partition coefficient (Wildman–Crippen LogP) is 1.63. The SMILES string of the molecule is CCOC(=O)C(C#N)C(=O)c1cccs1. The van der Waals surface area contributed by atoms with E-state index in [4.69, 9.17) is 5.26 Å². The van der Waals surface area contributed by atoms with Crippen LogP contribution in [0.25, 0.3) is 0 Å². The Morgan fingerprint density at radius 3 is 2.87 bits per heavy atom. The van der Waals surface area contributed by atoms with Gasteiger partial charge in [0.25, 0.3) is 0 Å². The Morgan fingerprint density at radius 1 is 1.67 bits per heavy atom. The summed E-state index contributed by atoms with van der Waals surface area (Å²) < 4.78 is 4.64. The van der Waals surface area contributed by atoms with Crippen LogP contribution in [0.1, 0.15) is 16.6 Å². The van der Waals surface area contributed by atoms with Gasteiger partial charge in [0.05, 0.1) is 17.6 Å². The highest BCUT2D eigenvalue weighted by molar-refractivity contribution is 7.12. The number of rotatable bonds is 4. The van der Waals surface area contributed by atoms with Crippen LogP contribution in [0.2, 0.25) is 0 Å². The summed E-state index contributed by atoms with van der Waals surface area (Å²) in [5.74, 6) is -2.62. The first kappa shape index (κ1) is 11.4. The number of nitrogens with zero attached hydrogens (tertiary/aromatic N) is 1. The first-order valence-electron chi connectivity index (χ1n) is 4.34. The average molecular weight is 223 g/mol. The summed E-state index contributed by atoms with van der Waals surface area (Å²) in [5, 5.41) is 10.4. The minimum Gasteiger partial charge on any atom is -0.465 e. The molecule has 1 atom stereocenters. The van der Waals surface area contributed by atoms with Gasteiger partial charge in [-0.3, -0.25) is 9.59 Å². The molecule has 0 aromatic carbocycles. The summed E-state index contributed by atoms with van der Waals surface area (Å²) in [5.41, 5.74) is 0. The third-order valence-electron chi connectivity index (χ3n) is 1.68. The molecule has 78 valence electrons. The number of ketones is 1. The molecule has 0 fully saturated rings. The third kappa shape index (κ3) is 2.64. The van der Waals surface area contributed by atoms with Gasteiger partial charge in [-0.1, -0.05) is 6.07 Å². The molecule has 0 spiro atoms. The standard InChI is InChI=1S/C10H9NO3S/c1-2-14-10(13)7(6-11)9(12)8-4-3-5-15-8/h3-5,7H,2H2,1H3. The maximum Gasteiger partial charge on any atom is 0.331 e. The Hall–Kier alpha value is -1.67. The number of carbonyl (C=O) groups excluding carboxylic acids is 2. The van der Waals surface area contributed by atoms with Crippen LogP contribution in [-0.2, 0) is 9.53 Å². The number of hydrogen-bond acceptors (Lipinski definition) is 5. The molecule has 1 rings (SSSR count). The second-order valence-electron chi connectivity index (χ2n) is 2.66. The fourth-order valence-corrected chi connectivity index (χ4v) is 1.70. The number of hydrogen-bond donors (Lipinski definition) is 0. The zero-order valence-corrected chi connectivity index (χ0v) is 8.91. The quantitative estimate of drug-likeness (QED) is 0.442. The lowest BCUT2D eigenvalue weighted by molar-refractivity contribution is -0.144. The number of esters is 1. The predicted molar refractivity (Wildman–Crippen MR) is 54.4 cm³/mol. The molecule has 0 bridgehead atoms. The molecule has 0 aliphatic heterocycles. The van der Waals surface area contributed by atoms with E-state index >= 15 is 0 Å². The lowest BCUT2D eigenvalue weighted by Crippen LogP contribution is -2.24. The fraction of sp³-hybridized carbons (Fsp3) is 0.300. The monoisotopic (exact) mass is 223 g/mol. The van der Waals surface area contributed by atoms with E-state index in [-0.39, 0.29) is 6.61 Å². The Labute approximate surface area is 91.1 Å². The van der Waals surface area contributed by atoms with E-state index in [0.717, 1.165) is 0 Å². The molecule has 0 radical (unpaired) electrons. The van der Waals surface area contributed by atoms with E-state index < -0.39 is 17.7 Å².